The quantitative estimate of drug-likeness (QED) is 0.171. The van der Waals surface area contributed by atoms with Crippen LogP contribution in [0.15, 0.2) is 5.16 Å². The van der Waals surface area contributed by atoms with E-state index in [-0.39, 0.29) is 0 Å². The highest BCUT2D eigenvalue weighted by Gasteiger charge is 2.12. The molecule has 4 heteroatoms. The summed E-state index contributed by atoms with van der Waals surface area (Å²) in [5.41, 5.74) is 0. The second-order valence-corrected chi connectivity index (χ2v) is 9.93. The van der Waals surface area contributed by atoms with Crippen molar-refractivity contribution in [3.63, 3.8) is 0 Å². The van der Waals surface area contributed by atoms with Gasteiger partial charge in [-0.05, 0) is 12.8 Å². The van der Waals surface area contributed by atoms with Gasteiger partial charge >= 0.3 is 0 Å². The van der Waals surface area contributed by atoms with Crippen LogP contribution in [0.4, 0.5) is 0 Å². The van der Waals surface area contributed by atoms with Crippen molar-refractivity contribution in [3.8, 4) is 0 Å². The lowest BCUT2D eigenvalue weighted by Gasteiger charge is -2.10. The zero-order valence-corrected chi connectivity index (χ0v) is 20.2. The summed E-state index contributed by atoms with van der Waals surface area (Å²) in [5, 5.41) is 10.6. The van der Waals surface area contributed by atoms with E-state index in [2.05, 4.69) is 42.6 Å². The van der Waals surface area contributed by atoms with E-state index in [4.69, 9.17) is 0 Å². The third kappa shape index (κ3) is 12.1. The maximum atomic E-state index is 4.46. The highest BCUT2D eigenvalue weighted by Crippen LogP contribution is 2.25. The van der Waals surface area contributed by atoms with Gasteiger partial charge < -0.3 is 4.57 Å². The first-order chi connectivity index (χ1) is 13.7. The largest absolute Gasteiger partial charge is 0.309 e. The van der Waals surface area contributed by atoms with Gasteiger partial charge in [-0.3, -0.25) is 0 Å². The summed E-state index contributed by atoms with van der Waals surface area (Å²) in [6, 6.07) is 0. The van der Waals surface area contributed by atoms with Crippen LogP contribution in [-0.2, 0) is 13.5 Å². The Morgan fingerprint density at radius 3 is 1.79 bits per heavy atom. The van der Waals surface area contributed by atoms with Crippen molar-refractivity contribution >= 4 is 11.8 Å². The summed E-state index contributed by atoms with van der Waals surface area (Å²) in [6.07, 6.45) is 23.0. The number of rotatable bonds is 19. The summed E-state index contributed by atoms with van der Waals surface area (Å²) in [7, 11) is 2.14. The summed E-state index contributed by atoms with van der Waals surface area (Å²) in [5.74, 6) is 1.16. The van der Waals surface area contributed by atoms with E-state index < -0.39 is 0 Å². The smallest absolute Gasteiger partial charge is 0.191 e. The van der Waals surface area contributed by atoms with E-state index in [1.165, 1.54) is 103 Å². The average molecular weight is 410 g/mol. The van der Waals surface area contributed by atoms with E-state index in [9.17, 15) is 0 Å². The van der Waals surface area contributed by atoms with Crippen molar-refractivity contribution in [2.75, 3.05) is 0 Å². The van der Waals surface area contributed by atoms with Gasteiger partial charge in [0.1, 0.15) is 5.82 Å². The maximum absolute atomic E-state index is 4.46. The predicted molar refractivity (Wildman–Crippen MR) is 125 cm³/mol. The van der Waals surface area contributed by atoms with E-state index >= 15 is 0 Å². The zero-order valence-electron chi connectivity index (χ0n) is 19.3. The first kappa shape index (κ1) is 25.5. The minimum atomic E-state index is 0.634. The van der Waals surface area contributed by atoms with E-state index in [1.54, 1.807) is 0 Å². The van der Waals surface area contributed by atoms with Gasteiger partial charge in [0.05, 0.1) is 0 Å². The molecule has 1 heterocycles. The van der Waals surface area contributed by atoms with Crippen molar-refractivity contribution in [2.45, 2.75) is 140 Å². The van der Waals surface area contributed by atoms with Crippen LogP contribution in [0.3, 0.4) is 0 Å². The molecule has 0 aliphatic heterocycles. The standard InChI is InChI=1S/C24H47N3S/c1-5-7-9-11-13-15-16-18-20-22(3)28-24-26-25-23(27(24)4)21-19-17-14-12-10-8-6-2/h22H,5-21H2,1-4H3. The van der Waals surface area contributed by atoms with Crippen LogP contribution in [0.25, 0.3) is 0 Å². The van der Waals surface area contributed by atoms with Crippen LogP contribution in [0.2, 0.25) is 0 Å². The maximum Gasteiger partial charge on any atom is 0.191 e. The Bertz CT molecular complexity index is 472. The lowest BCUT2D eigenvalue weighted by Crippen LogP contribution is -2.02. The van der Waals surface area contributed by atoms with Crippen LogP contribution in [0, 0.1) is 0 Å². The fraction of sp³-hybridized carbons (Fsp3) is 0.917. The Hall–Kier alpha value is -0.510. The molecule has 0 saturated heterocycles. The highest BCUT2D eigenvalue weighted by molar-refractivity contribution is 7.99. The second kappa shape index (κ2) is 17.4. The number of aryl methyl sites for hydroxylation is 1. The molecule has 0 aromatic carbocycles. The molecule has 1 atom stereocenters. The van der Waals surface area contributed by atoms with Crippen molar-refractivity contribution < 1.29 is 0 Å². The second-order valence-electron chi connectivity index (χ2n) is 8.52. The average Bonchev–Trinajstić information content (AvgIpc) is 3.03. The Labute approximate surface area is 179 Å². The van der Waals surface area contributed by atoms with E-state index in [0.717, 1.165) is 17.4 Å². The van der Waals surface area contributed by atoms with Crippen molar-refractivity contribution in [2.24, 2.45) is 7.05 Å². The van der Waals surface area contributed by atoms with Crippen LogP contribution in [0.5, 0.6) is 0 Å². The van der Waals surface area contributed by atoms with Crippen LogP contribution in [0.1, 0.15) is 129 Å². The Kier molecular flexibility index (Phi) is 15.8. The normalized spacial score (nSPS) is 12.6. The number of hydrogen-bond donors (Lipinski definition) is 0. The molecule has 164 valence electrons. The van der Waals surface area contributed by atoms with Gasteiger partial charge in [0, 0.05) is 18.7 Å². The molecule has 0 fully saturated rings. The summed E-state index contributed by atoms with van der Waals surface area (Å²) in [4.78, 5) is 0. The monoisotopic (exact) mass is 409 g/mol. The van der Waals surface area contributed by atoms with Crippen LogP contribution >= 0.6 is 11.8 Å². The van der Waals surface area contributed by atoms with E-state index in [1.807, 2.05) is 11.8 Å². The van der Waals surface area contributed by atoms with Crippen LogP contribution < -0.4 is 0 Å². The predicted octanol–water partition coefficient (Wildman–Crippen LogP) is 8.12. The molecule has 0 radical (unpaired) electrons. The molecule has 0 spiro atoms. The number of aromatic nitrogens is 3. The van der Waals surface area contributed by atoms with Crippen molar-refractivity contribution in [1.82, 2.24) is 14.8 Å². The molecule has 0 saturated carbocycles. The zero-order chi connectivity index (χ0) is 20.5. The van der Waals surface area contributed by atoms with Gasteiger partial charge in [-0.2, -0.15) is 0 Å². The van der Waals surface area contributed by atoms with Crippen molar-refractivity contribution in [1.29, 1.82) is 0 Å². The lowest BCUT2D eigenvalue weighted by molar-refractivity contribution is 0.564. The summed E-state index contributed by atoms with van der Waals surface area (Å²) < 4.78 is 2.23. The van der Waals surface area contributed by atoms with Gasteiger partial charge in [0.25, 0.3) is 0 Å². The molecule has 1 aromatic rings. The molecule has 0 aliphatic carbocycles. The number of thioether (sulfide) groups is 1. The first-order valence-corrected chi connectivity index (χ1v) is 13.1. The summed E-state index contributed by atoms with van der Waals surface area (Å²) >= 11 is 1.91. The Balaban J connectivity index is 2.12. The molecule has 3 nitrogen and oxygen atoms in total. The van der Waals surface area contributed by atoms with Gasteiger partial charge in [-0.15, -0.1) is 10.2 Å². The molecule has 0 aliphatic rings. The number of hydrogen-bond acceptors (Lipinski definition) is 3. The molecule has 0 bridgehead atoms. The number of unbranched alkanes of at least 4 members (excludes halogenated alkanes) is 13. The summed E-state index contributed by atoms with van der Waals surface area (Å²) in [6.45, 7) is 6.91. The molecule has 0 N–H and O–H groups in total. The first-order valence-electron chi connectivity index (χ1n) is 12.2. The van der Waals surface area contributed by atoms with Gasteiger partial charge in [-0.1, -0.05) is 122 Å². The minimum Gasteiger partial charge on any atom is -0.309 e. The Morgan fingerprint density at radius 2 is 1.21 bits per heavy atom. The van der Waals surface area contributed by atoms with E-state index in [0.29, 0.717) is 5.25 Å². The molecule has 0 amide bonds. The molecule has 28 heavy (non-hydrogen) atoms. The van der Waals surface area contributed by atoms with Gasteiger partial charge in [-0.25, -0.2) is 0 Å². The fourth-order valence-electron chi connectivity index (χ4n) is 3.71. The van der Waals surface area contributed by atoms with Gasteiger partial charge in [0.15, 0.2) is 5.16 Å². The van der Waals surface area contributed by atoms with Gasteiger partial charge in [0.2, 0.25) is 0 Å². The molecule has 1 unspecified atom stereocenters. The third-order valence-corrected chi connectivity index (χ3v) is 6.90. The number of nitrogens with zero attached hydrogens (tertiary/aromatic N) is 3. The highest BCUT2D eigenvalue weighted by atomic mass is 32.2. The SMILES string of the molecule is CCCCCCCCCCC(C)Sc1nnc(CCCCCCCCC)n1C. The fourth-order valence-corrected chi connectivity index (χ4v) is 4.71. The Morgan fingerprint density at radius 1 is 0.714 bits per heavy atom. The lowest BCUT2D eigenvalue weighted by atomic mass is 10.1. The molecule has 1 aromatic heterocycles. The van der Waals surface area contributed by atoms with Crippen molar-refractivity contribution in [3.05, 3.63) is 5.82 Å². The molecular weight excluding hydrogens is 362 g/mol. The molecule has 1 rings (SSSR count). The third-order valence-electron chi connectivity index (χ3n) is 5.70. The van der Waals surface area contributed by atoms with Crippen LogP contribution in [-0.4, -0.2) is 20.0 Å². The molecular formula is C24H47N3S. The topological polar surface area (TPSA) is 30.7 Å². The minimum absolute atomic E-state index is 0.634.